The quantitative estimate of drug-likeness (QED) is 0.171. The Kier molecular flexibility index (Phi) is 7.62. The third-order valence-electron chi connectivity index (χ3n) is 6.65. The third kappa shape index (κ3) is 5.89. The fourth-order valence-corrected chi connectivity index (χ4v) is 5.03. The van der Waals surface area contributed by atoms with Crippen molar-refractivity contribution in [1.29, 1.82) is 0 Å². The number of hydrogen-bond donors (Lipinski definition) is 2. The van der Waals surface area contributed by atoms with Gasteiger partial charge in [-0.25, -0.2) is 0 Å². The molecule has 4 aromatic carbocycles. The molecule has 0 aliphatic heterocycles. The van der Waals surface area contributed by atoms with Crippen LogP contribution in [-0.4, -0.2) is 41.5 Å². The molecule has 1 aliphatic carbocycles. The van der Waals surface area contributed by atoms with Gasteiger partial charge in [0.15, 0.2) is 11.6 Å². The summed E-state index contributed by atoms with van der Waals surface area (Å²) < 4.78 is 11.4. The molecule has 2 N–H and O–H groups in total. The first-order valence-electron chi connectivity index (χ1n) is 13.6. The Hall–Kier alpha value is -5.98. The molecule has 0 amide bonds. The number of carbonyl (C=O) groups excluding carboxylic acids is 2. The van der Waals surface area contributed by atoms with Crippen molar-refractivity contribution in [3.8, 4) is 23.5 Å². The minimum absolute atomic E-state index is 0.0140. The van der Waals surface area contributed by atoms with Crippen molar-refractivity contribution in [2.45, 2.75) is 0 Å². The summed E-state index contributed by atoms with van der Waals surface area (Å²) in [5.74, 6) is 0.131. The molecule has 0 atom stereocenters. The van der Waals surface area contributed by atoms with Crippen LogP contribution in [0.5, 0.6) is 23.5 Å². The van der Waals surface area contributed by atoms with E-state index in [-0.39, 0.29) is 68.1 Å². The molecular weight excluding hydrogens is 631 g/mol. The van der Waals surface area contributed by atoms with Crippen LogP contribution in [0.3, 0.4) is 0 Å². The van der Waals surface area contributed by atoms with Gasteiger partial charge in [-0.3, -0.25) is 9.59 Å². The molecule has 0 bridgehead atoms. The second-order valence-electron chi connectivity index (χ2n) is 9.62. The first kappa shape index (κ1) is 28.8. The standard InChI is InChI=1S/C32H18Cl2N8O4/c33-27-37-29(41-31(39-27)45-17-9-3-1-4-10-17)35-21-15-16-22(24-23(21)25(43)19-13-7-8-14-20(19)26(24)44)36-30-38-28(34)40-32(42-30)46-18-11-5-2-6-12-18/h1-16H,(H,35,37,39,41)(H,36,38,40,42). The molecule has 2 heterocycles. The predicted molar refractivity (Wildman–Crippen MR) is 169 cm³/mol. The molecule has 1 aliphatic rings. The molecule has 14 heteroatoms. The first-order valence-corrected chi connectivity index (χ1v) is 14.4. The van der Waals surface area contributed by atoms with Crippen LogP contribution in [0.15, 0.2) is 97.1 Å². The highest BCUT2D eigenvalue weighted by Gasteiger charge is 2.34. The topological polar surface area (TPSA) is 154 Å². The number of nitrogens with one attached hydrogen (secondary N) is 2. The minimum atomic E-state index is -0.404. The monoisotopic (exact) mass is 648 g/mol. The Morgan fingerprint density at radius 3 is 1.28 bits per heavy atom. The van der Waals surface area contributed by atoms with Gasteiger partial charge >= 0.3 is 12.0 Å². The SMILES string of the molecule is O=C1c2ccccc2C(=O)c2c(Nc3nc(Cl)nc(Oc4ccccc4)n3)ccc(Nc3nc(Cl)nc(Oc4ccccc4)n3)c21. The summed E-state index contributed by atoms with van der Waals surface area (Å²) >= 11 is 12.4. The fourth-order valence-electron chi connectivity index (χ4n) is 4.73. The summed E-state index contributed by atoms with van der Waals surface area (Å²) in [6.45, 7) is 0. The Labute approximate surface area is 270 Å². The lowest BCUT2D eigenvalue weighted by molar-refractivity contribution is 0.0980. The first-order chi connectivity index (χ1) is 22.4. The second-order valence-corrected chi connectivity index (χ2v) is 10.3. The number of anilines is 4. The Morgan fingerprint density at radius 1 is 0.478 bits per heavy atom. The number of ketones is 2. The maximum atomic E-state index is 13.9. The van der Waals surface area contributed by atoms with Gasteiger partial charge in [0.2, 0.25) is 22.5 Å². The Morgan fingerprint density at radius 2 is 0.870 bits per heavy atom. The number of para-hydroxylation sites is 2. The van der Waals surface area contributed by atoms with Gasteiger partial charge in [0.1, 0.15) is 11.5 Å². The van der Waals surface area contributed by atoms with Crippen molar-refractivity contribution in [3.05, 3.63) is 130 Å². The van der Waals surface area contributed by atoms with Crippen LogP contribution in [0, 0.1) is 0 Å². The number of fused-ring (bicyclic) bond motifs is 2. The van der Waals surface area contributed by atoms with Gasteiger partial charge in [-0.05, 0) is 59.6 Å². The molecule has 0 unspecified atom stereocenters. The lowest BCUT2D eigenvalue weighted by atomic mass is 9.82. The Bertz CT molecular complexity index is 1980. The number of aromatic nitrogens is 6. The van der Waals surface area contributed by atoms with Gasteiger partial charge in [-0.1, -0.05) is 60.7 Å². The maximum Gasteiger partial charge on any atom is 0.328 e. The zero-order valence-electron chi connectivity index (χ0n) is 23.3. The van der Waals surface area contributed by atoms with E-state index in [2.05, 4.69) is 40.5 Å². The summed E-state index contributed by atoms with van der Waals surface area (Å²) in [6, 6.07) is 27.3. The van der Waals surface area contributed by atoms with Crippen LogP contribution in [0.1, 0.15) is 31.8 Å². The molecule has 7 rings (SSSR count). The average molecular weight is 649 g/mol. The van der Waals surface area contributed by atoms with E-state index in [9.17, 15) is 9.59 Å². The summed E-state index contributed by atoms with van der Waals surface area (Å²) in [5.41, 5.74) is 1.09. The summed E-state index contributed by atoms with van der Waals surface area (Å²) in [7, 11) is 0. The van der Waals surface area contributed by atoms with Crippen LogP contribution in [0.25, 0.3) is 0 Å². The number of ether oxygens (including phenoxy) is 2. The molecule has 0 saturated heterocycles. The van der Waals surface area contributed by atoms with Gasteiger partial charge < -0.3 is 20.1 Å². The normalized spacial score (nSPS) is 11.8. The van der Waals surface area contributed by atoms with E-state index in [0.29, 0.717) is 11.5 Å². The highest BCUT2D eigenvalue weighted by molar-refractivity contribution is 6.32. The van der Waals surface area contributed by atoms with E-state index >= 15 is 0 Å². The van der Waals surface area contributed by atoms with Crippen molar-refractivity contribution in [1.82, 2.24) is 29.9 Å². The van der Waals surface area contributed by atoms with Gasteiger partial charge in [-0.2, -0.15) is 29.9 Å². The van der Waals surface area contributed by atoms with E-state index in [1.807, 2.05) is 12.1 Å². The number of benzene rings is 4. The molecule has 0 fully saturated rings. The zero-order chi connectivity index (χ0) is 31.6. The van der Waals surface area contributed by atoms with Crippen LogP contribution < -0.4 is 20.1 Å². The van der Waals surface area contributed by atoms with Crippen LogP contribution >= 0.6 is 23.2 Å². The van der Waals surface area contributed by atoms with Crippen molar-refractivity contribution >= 4 is 58.0 Å². The van der Waals surface area contributed by atoms with Crippen molar-refractivity contribution < 1.29 is 19.1 Å². The summed E-state index contributed by atoms with van der Waals surface area (Å²) in [5, 5.41) is 5.72. The highest BCUT2D eigenvalue weighted by Crippen LogP contribution is 2.38. The summed E-state index contributed by atoms with van der Waals surface area (Å²) in [6.07, 6.45) is 0. The summed E-state index contributed by atoms with van der Waals surface area (Å²) in [4.78, 5) is 52.8. The fraction of sp³-hybridized carbons (Fsp3) is 0. The molecule has 224 valence electrons. The van der Waals surface area contributed by atoms with E-state index in [1.165, 1.54) is 0 Å². The number of halogens is 2. The second kappa shape index (κ2) is 12.2. The van der Waals surface area contributed by atoms with Crippen molar-refractivity contribution in [2.75, 3.05) is 10.6 Å². The van der Waals surface area contributed by atoms with Gasteiger partial charge in [-0.15, -0.1) is 0 Å². The lowest BCUT2D eigenvalue weighted by Gasteiger charge is -2.23. The van der Waals surface area contributed by atoms with E-state index < -0.39 is 11.6 Å². The number of carbonyl (C=O) groups is 2. The average Bonchev–Trinajstić information content (AvgIpc) is 3.04. The van der Waals surface area contributed by atoms with E-state index in [1.54, 1.807) is 84.9 Å². The third-order valence-corrected chi connectivity index (χ3v) is 6.99. The molecule has 6 aromatic rings. The van der Waals surface area contributed by atoms with E-state index in [4.69, 9.17) is 32.7 Å². The highest BCUT2D eigenvalue weighted by atomic mass is 35.5. The smallest absolute Gasteiger partial charge is 0.328 e. The van der Waals surface area contributed by atoms with Crippen LogP contribution in [0.2, 0.25) is 10.6 Å². The van der Waals surface area contributed by atoms with E-state index in [0.717, 1.165) is 0 Å². The van der Waals surface area contributed by atoms with Crippen LogP contribution in [-0.2, 0) is 0 Å². The minimum Gasteiger partial charge on any atom is -0.424 e. The van der Waals surface area contributed by atoms with Gasteiger partial charge in [0.25, 0.3) is 0 Å². The van der Waals surface area contributed by atoms with Crippen molar-refractivity contribution in [3.63, 3.8) is 0 Å². The largest absolute Gasteiger partial charge is 0.424 e. The van der Waals surface area contributed by atoms with Crippen LogP contribution in [0.4, 0.5) is 23.3 Å². The lowest BCUT2D eigenvalue weighted by Crippen LogP contribution is -2.23. The Balaban J connectivity index is 1.27. The number of hydrogen-bond acceptors (Lipinski definition) is 12. The molecule has 46 heavy (non-hydrogen) atoms. The van der Waals surface area contributed by atoms with Crippen molar-refractivity contribution in [2.24, 2.45) is 0 Å². The zero-order valence-corrected chi connectivity index (χ0v) is 24.8. The maximum absolute atomic E-state index is 13.9. The van der Waals surface area contributed by atoms with Gasteiger partial charge in [0.05, 0.1) is 22.5 Å². The molecule has 0 saturated carbocycles. The molecule has 0 radical (unpaired) electrons. The molecule has 0 spiro atoms. The number of nitrogens with zero attached hydrogens (tertiary/aromatic N) is 6. The molecular formula is C32H18Cl2N8O4. The van der Waals surface area contributed by atoms with Gasteiger partial charge in [0, 0.05) is 11.1 Å². The predicted octanol–water partition coefficient (Wildman–Crippen LogP) is 7.21. The molecule has 2 aromatic heterocycles. The number of rotatable bonds is 8. The molecule has 12 nitrogen and oxygen atoms in total.